The fourth-order valence-corrected chi connectivity index (χ4v) is 1.90. The lowest BCUT2D eigenvalue weighted by atomic mass is 10.2. The number of aromatic nitrogens is 2. The first-order valence-corrected chi connectivity index (χ1v) is 7.08. The number of nitrogens with zero attached hydrogens (tertiary/aromatic N) is 2. The molecule has 0 saturated heterocycles. The van der Waals surface area contributed by atoms with Crippen molar-refractivity contribution in [2.24, 2.45) is 0 Å². The quantitative estimate of drug-likeness (QED) is 0.736. The zero-order chi connectivity index (χ0) is 18.4. The summed E-state index contributed by atoms with van der Waals surface area (Å²) in [5, 5.41) is 14.8. The van der Waals surface area contributed by atoms with Crippen LogP contribution in [-0.2, 0) is 15.7 Å². The van der Waals surface area contributed by atoms with Crippen LogP contribution in [0.25, 0.3) is 5.69 Å². The minimum Gasteiger partial charge on any atom is -0.480 e. The molecule has 0 aliphatic rings. The molecule has 0 unspecified atom stereocenters. The number of hydrogen-bond acceptors (Lipinski definition) is 4. The summed E-state index contributed by atoms with van der Waals surface area (Å²) in [6.45, 7) is -0.394. The predicted octanol–water partition coefficient (Wildman–Crippen LogP) is 1.72. The summed E-state index contributed by atoms with van der Waals surface area (Å²) in [4.78, 5) is 22.1. The molecule has 1 aromatic carbocycles. The molecule has 0 radical (unpaired) electrons. The van der Waals surface area contributed by atoms with Crippen LogP contribution in [0.3, 0.4) is 0 Å². The first-order chi connectivity index (χ1) is 11.8. The third-order valence-electron chi connectivity index (χ3n) is 3.02. The molecular weight excluding hydrogens is 343 g/mol. The Hall–Kier alpha value is -2.88. The third-order valence-corrected chi connectivity index (χ3v) is 3.02. The van der Waals surface area contributed by atoms with Gasteiger partial charge < -0.3 is 15.2 Å². The lowest BCUT2D eigenvalue weighted by Gasteiger charge is -2.08. The molecule has 0 atom stereocenters. The maximum Gasteiger partial charge on any atom is 0.416 e. The van der Waals surface area contributed by atoms with E-state index in [0.29, 0.717) is 0 Å². The Kier molecular flexibility index (Phi) is 5.75. The maximum atomic E-state index is 12.7. The fraction of sp³-hybridized carbons (Fsp3) is 0.267. The molecular formula is C15H14F3N3O4. The molecule has 2 rings (SSSR count). The standard InChI is InChI=1S/C15H14F3N3O4/c16-15(17,18)10-2-1-3-11(8-10)21-6-4-12(20-21)14(24)19-5-7-25-9-13(22)23/h1-4,6,8H,5,7,9H2,(H,19,24)(H,22,23). The Labute approximate surface area is 140 Å². The Morgan fingerprint density at radius 3 is 2.72 bits per heavy atom. The van der Waals surface area contributed by atoms with E-state index in [1.54, 1.807) is 0 Å². The molecule has 0 aliphatic heterocycles. The topological polar surface area (TPSA) is 93.5 Å². The van der Waals surface area contributed by atoms with Crippen molar-refractivity contribution in [1.82, 2.24) is 15.1 Å². The average molecular weight is 357 g/mol. The molecule has 10 heteroatoms. The van der Waals surface area contributed by atoms with Crippen LogP contribution in [-0.4, -0.2) is 46.5 Å². The highest BCUT2D eigenvalue weighted by Crippen LogP contribution is 2.30. The first-order valence-electron chi connectivity index (χ1n) is 7.08. The number of alkyl halides is 3. The van der Waals surface area contributed by atoms with Crippen molar-refractivity contribution in [1.29, 1.82) is 0 Å². The van der Waals surface area contributed by atoms with E-state index < -0.39 is 30.2 Å². The van der Waals surface area contributed by atoms with E-state index in [1.807, 2.05) is 0 Å². The number of carboxylic acids is 1. The van der Waals surface area contributed by atoms with E-state index in [9.17, 15) is 22.8 Å². The van der Waals surface area contributed by atoms with Crippen molar-refractivity contribution in [3.63, 3.8) is 0 Å². The lowest BCUT2D eigenvalue weighted by molar-refractivity contribution is -0.142. The summed E-state index contributed by atoms with van der Waals surface area (Å²) in [6, 6.07) is 5.91. The molecule has 25 heavy (non-hydrogen) atoms. The largest absolute Gasteiger partial charge is 0.480 e. The van der Waals surface area contributed by atoms with Gasteiger partial charge in [0, 0.05) is 12.7 Å². The molecule has 0 aliphatic carbocycles. The van der Waals surface area contributed by atoms with Crippen molar-refractivity contribution in [3.8, 4) is 5.69 Å². The summed E-state index contributed by atoms with van der Waals surface area (Å²) >= 11 is 0. The number of halogens is 3. The van der Waals surface area contributed by atoms with Gasteiger partial charge in [0.15, 0.2) is 5.69 Å². The van der Waals surface area contributed by atoms with Crippen molar-refractivity contribution < 1.29 is 32.6 Å². The third kappa shape index (κ3) is 5.31. The highest BCUT2D eigenvalue weighted by molar-refractivity contribution is 5.92. The molecule has 2 aromatic rings. The minimum absolute atomic E-state index is 0.00633. The smallest absolute Gasteiger partial charge is 0.416 e. The predicted molar refractivity (Wildman–Crippen MR) is 79.4 cm³/mol. The van der Waals surface area contributed by atoms with E-state index in [2.05, 4.69) is 10.4 Å². The molecule has 7 nitrogen and oxygen atoms in total. The molecule has 0 fully saturated rings. The van der Waals surface area contributed by atoms with Crippen molar-refractivity contribution in [2.45, 2.75) is 6.18 Å². The monoisotopic (exact) mass is 357 g/mol. The average Bonchev–Trinajstić information content (AvgIpc) is 3.03. The van der Waals surface area contributed by atoms with E-state index in [0.717, 1.165) is 16.8 Å². The number of carbonyl (C=O) groups is 2. The minimum atomic E-state index is -4.47. The van der Waals surface area contributed by atoms with Gasteiger partial charge in [-0.25, -0.2) is 9.48 Å². The number of hydrogen-bond donors (Lipinski definition) is 2. The summed E-state index contributed by atoms with van der Waals surface area (Å²) in [5.41, 5.74) is -0.642. The van der Waals surface area contributed by atoms with Crippen LogP contribution in [0.4, 0.5) is 13.2 Å². The number of carboxylic acid groups (broad SMARTS) is 1. The molecule has 1 heterocycles. The Bertz CT molecular complexity index is 758. The second-order valence-corrected chi connectivity index (χ2v) is 4.90. The van der Waals surface area contributed by atoms with Gasteiger partial charge >= 0.3 is 12.1 Å². The van der Waals surface area contributed by atoms with Crippen molar-refractivity contribution in [2.75, 3.05) is 19.8 Å². The van der Waals surface area contributed by atoms with Crippen molar-refractivity contribution in [3.05, 3.63) is 47.8 Å². The van der Waals surface area contributed by atoms with Crippen LogP contribution in [0.5, 0.6) is 0 Å². The second kappa shape index (κ2) is 7.79. The van der Waals surface area contributed by atoms with Crippen molar-refractivity contribution >= 4 is 11.9 Å². The molecule has 0 spiro atoms. The molecule has 0 bridgehead atoms. The number of aliphatic carboxylic acids is 1. The summed E-state index contributed by atoms with van der Waals surface area (Å²) in [6.07, 6.45) is -3.11. The molecule has 2 N–H and O–H groups in total. The van der Waals surface area contributed by atoms with Gasteiger partial charge in [0.05, 0.1) is 17.9 Å². The number of ether oxygens (including phenoxy) is 1. The first kappa shape index (κ1) is 18.5. The summed E-state index contributed by atoms with van der Waals surface area (Å²) in [5.74, 6) is -1.67. The number of rotatable bonds is 7. The van der Waals surface area contributed by atoms with Gasteiger partial charge in [-0.05, 0) is 24.3 Å². The van der Waals surface area contributed by atoms with Crippen LogP contribution in [0, 0.1) is 0 Å². The highest BCUT2D eigenvalue weighted by Gasteiger charge is 2.30. The molecule has 1 aromatic heterocycles. The number of carbonyl (C=O) groups excluding carboxylic acids is 1. The van der Waals surface area contributed by atoms with Crippen LogP contribution < -0.4 is 5.32 Å². The lowest BCUT2D eigenvalue weighted by Crippen LogP contribution is -2.28. The van der Waals surface area contributed by atoms with Gasteiger partial charge in [0.2, 0.25) is 0 Å². The van der Waals surface area contributed by atoms with E-state index in [-0.39, 0.29) is 24.5 Å². The van der Waals surface area contributed by atoms with Gasteiger partial charge in [-0.2, -0.15) is 18.3 Å². The van der Waals surface area contributed by atoms with Crippen LogP contribution in [0.2, 0.25) is 0 Å². The zero-order valence-corrected chi connectivity index (χ0v) is 12.8. The van der Waals surface area contributed by atoms with Gasteiger partial charge in [-0.1, -0.05) is 6.07 Å². The Morgan fingerprint density at radius 1 is 1.28 bits per heavy atom. The fourth-order valence-electron chi connectivity index (χ4n) is 1.90. The van der Waals surface area contributed by atoms with Crippen LogP contribution >= 0.6 is 0 Å². The molecule has 0 saturated carbocycles. The molecule has 134 valence electrons. The zero-order valence-electron chi connectivity index (χ0n) is 12.8. The van der Waals surface area contributed by atoms with Gasteiger partial charge in [-0.3, -0.25) is 4.79 Å². The summed E-state index contributed by atoms with van der Waals surface area (Å²) < 4.78 is 44.1. The van der Waals surface area contributed by atoms with E-state index in [1.165, 1.54) is 24.4 Å². The summed E-state index contributed by atoms with van der Waals surface area (Å²) in [7, 11) is 0. The van der Waals surface area contributed by atoms with Gasteiger partial charge in [0.1, 0.15) is 6.61 Å². The number of nitrogens with one attached hydrogen (secondary N) is 1. The highest BCUT2D eigenvalue weighted by atomic mass is 19.4. The normalized spacial score (nSPS) is 11.3. The van der Waals surface area contributed by atoms with Gasteiger partial charge in [0.25, 0.3) is 5.91 Å². The Balaban J connectivity index is 1.98. The second-order valence-electron chi connectivity index (χ2n) is 4.90. The number of benzene rings is 1. The van der Waals surface area contributed by atoms with Crippen LogP contribution in [0.15, 0.2) is 36.5 Å². The van der Waals surface area contributed by atoms with Crippen LogP contribution in [0.1, 0.15) is 16.1 Å². The maximum absolute atomic E-state index is 12.7. The molecule has 1 amide bonds. The van der Waals surface area contributed by atoms with Gasteiger partial charge in [-0.15, -0.1) is 0 Å². The van der Waals surface area contributed by atoms with E-state index in [4.69, 9.17) is 9.84 Å². The SMILES string of the molecule is O=C(O)COCCNC(=O)c1ccn(-c2cccc(C(F)(F)F)c2)n1. The van der Waals surface area contributed by atoms with E-state index >= 15 is 0 Å². The Morgan fingerprint density at radius 2 is 2.04 bits per heavy atom. The number of amides is 1.